The molecule has 0 unspecified atom stereocenters. The van der Waals surface area contributed by atoms with Crippen LogP contribution in [0.5, 0.6) is 0 Å². The van der Waals surface area contributed by atoms with Gasteiger partial charge in [0.1, 0.15) is 5.82 Å². The first-order valence-corrected chi connectivity index (χ1v) is 9.90. The van der Waals surface area contributed by atoms with Crippen molar-refractivity contribution in [1.29, 1.82) is 0 Å². The molecule has 0 aliphatic rings. The van der Waals surface area contributed by atoms with E-state index in [-0.39, 0.29) is 24.2 Å². The van der Waals surface area contributed by atoms with Gasteiger partial charge in [-0.1, -0.05) is 54.6 Å². The molecule has 0 saturated carbocycles. The van der Waals surface area contributed by atoms with Gasteiger partial charge in [-0.05, 0) is 35.7 Å². The summed E-state index contributed by atoms with van der Waals surface area (Å²) in [5.74, 6) is -0.549. The minimum Gasteiger partial charge on any atom is -0.469 e. The molecule has 3 rings (SSSR count). The molecule has 2 N–H and O–H groups in total. The molecule has 1 atom stereocenters. The smallest absolute Gasteiger partial charge is 0.309 e. The second-order valence-electron chi connectivity index (χ2n) is 7.43. The first kappa shape index (κ1) is 21.5. The second-order valence-corrected chi connectivity index (χ2v) is 7.43. The molecule has 4 nitrogen and oxygen atoms in total. The SMILES string of the molecule is COC(=O)Cc1ccccc1CN(C)c1cccc(-c2cccc([C@@H](C)N)c2F)c1. The number of hydrogen-bond donors (Lipinski definition) is 1. The number of anilines is 1. The summed E-state index contributed by atoms with van der Waals surface area (Å²) in [6.07, 6.45) is 0.232. The van der Waals surface area contributed by atoms with E-state index in [0.29, 0.717) is 17.7 Å². The summed E-state index contributed by atoms with van der Waals surface area (Å²) >= 11 is 0. The Labute approximate surface area is 177 Å². The predicted octanol–water partition coefficient (Wildman–Crippen LogP) is 4.86. The van der Waals surface area contributed by atoms with Crippen molar-refractivity contribution in [1.82, 2.24) is 0 Å². The van der Waals surface area contributed by atoms with E-state index < -0.39 is 0 Å². The summed E-state index contributed by atoms with van der Waals surface area (Å²) < 4.78 is 19.8. The van der Waals surface area contributed by atoms with Gasteiger partial charge < -0.3 is 15.4 Å². The predicted molar refractivity (Wildman–Crippen MR) is 119 cm³/mol. The van der Waals surface area contributed by atoms with Crippen molar-refractivity contribution in [2.75, 3.05) is 19.1 Å². The van der Waals surface area contributed by atoms with E-state index in [4.69, 9.17) is 10.5 Å². The summed E-state index contributed by atoms with van der Waals surface area (Å²) in [6.45, 7) is 2.39. The van der Waals surface area contributed by atoms with Crippen LogP contribution in [0.25, 0.3) is 11.1 Å². The standard InChI is InChI=1S/C25H27FN2O2/c1-17(27)22-12-7-13-23(25(22)26)19-10-6-11-21(14-19)28(2)16-20-9-5-4-8-18(20)15-24(29)30-3/h4-14,17H,15-16,27H2,1-3H3/t17-/m1/s1. The molecule has 0 radical (unpaired) electrons. The fourth-order valence-electron chi connectivity index (χ4n) is 3.49. The maximum Gasteiger partial charge on any atom is 0.309 e. The zero-order valence-electron chi connectivity index (χ0n) is 17.6. The number of carbonyl (C=O) groups excluding carboxylic acids is 1. The van der Waals surface area contributed by atoms with E-state index in [1.807, 2.05) is 61.6 Å². The average molecular weight is 407 g/mol. The van der Waals surface area contributed by atoms with Crippen molar-refractivity contribution in [3.8, 4) is 11.1 Å². The number of rotatable bonds is 7. The summed E-state index contributed by atoms with van der Waals surface area (Å²) in [4.78, 5) is 13.8. The van der Waals surface area contributed by atoms with Gasteiger partial charge in [-0.2, -0.15) is 0 Å². The van der Waals surface area contributed by atoms with Gasteiger partial charge in [0.15, 0.2) is 0 Å². The van der Waals surface area contributed by atoms with Gasteiger partial charge in [-0.25, -0.2) is 4.39 Å². The fourth-order valence-corrected chi connectivity index (χ4v) is 3.49. The van der Waals surface area contributed by atoms with E-state index >= 15 is 0 Å². The van der Waals surface area contributed by atoms with Gasteiger partial charge in [-0.15, -0.1) is 0 Å². The van der Waals surface area contributed by atoms with Crippen LogP contribution in [-0.2, 0) is 22.5 Å². The van der Waals surface area contributed by atoms with Crippen LogP contribution < -0.4 is 10.6 Å². The number of carbonyl (C=O) groups is 1. The lowest BCUT2D eigenvalue weighted by atomic mass is 9.98. The Morgan fingerprint density at radius 1 is 1.07 bits per heavy atom. The molecule has 0 aliphatic carbocycles. The zero-order valence-corrected chi connectivity index (χ0v) is 17.6. The normalized spacial score (nSPS) is 11.8. The number of nitrogens with zero attached hydrogens (tertiary/aromatic N) is 1. The van der Waals surface area contributed by atoms with E-state index in [2.05, 4.69) is 4.90 Å². The van der Waals surface area contributed by atoms with Gasteiger partial charge >= 0.3 is 5.97 Å². The molecule has 0 fully saturated rings. The molecule has 0 saturated heterocycles. The van der Waals surface area contributed by atoms with Crippen LogP contribution in [-0.4, -0.2) is 20.1 Å². The molecule has 5 heteroatoms. The highest BCUT2D eigenvalue weighted by Gasteiger charge is 2.14. The number of benzene rings is 3. The van der Waals surface area contributed by atoms with Crippen molar-refractivity contribution in [3.05, 3.63) is 89.2 Å². The molecule has 0 aromatic heterocycles. The molecule has 0 spiro atoms. The number of nitrogens with two attached hydrogens (primary N) is 1. The Balaban J connectivity index is 1.87. The molecule has 3 aromatic carbocycles. The topological polar surface area (TPSA) is 55.6 Å². The monoisotopic (exact) mass is 406 g/mol. The largest absolute Gasteiger partial charge is 0.469 e. The Morgan fingerprint density at radius 2 is 1.77 bits per heavy atom. The number of ether oxygens (including phenoxy) is 1. The number of methoxy groups -OCH3 is 1. The molecule has 0 bridgehead atoms. The second kappa shape index (κ2) is 9.55. The third-order valence-electron chi connectivity index (χ3n) is 5.21. The van der Waals surface area contributed by atoms with Crippen LogP contribution in [0, 0.1) is 5.82 Å². The van der Waals surface area contributed by atoms with Crippen LogP contribution >= 0.6 is 0 Å². The van der Waals surface area contributed by atoms with Gasteiger partial charge in [0.2, 0.25) is 0 Å². The summed E-state index contributed by atoms with van der Waals surface area (Å²) in [7, 11) is 3.37. The van der Waals surface area contributed by atoms with Crippen molar-refractivity contribution >= 4 is 11.7 Å². The van der Waals surface area contributed by atoms with Gasteiger partial charge in [-0.3, -0.25) is 4.79 Å². The van der Waals surface area contributed by atoms with E-state index in [1.165, 1.54) is 7.11 Å². The third kappa shape index (κ3) is 4.86. The van der Waals surface area contributed by atoms with Gasteiger partial charge in [0.05, 0.1) is 13.5 Å². The van der Waals surface area contributed by atoms with Crippen LogP contribution in [0.4, 0.5) is 10.1 Å². The number of esters is 1. The minimum absolute atomic E-state index is 0.232. The highest BCUT2D eigenvalue weighted by molar-refractivity contribution is 5.73. The maximum absolute atomic E-state index is 15.0. The Bertz CT molecular complexity index is 1030. The van der Waals surface area contributed by atoms with Crippen molar-refractivity contribution in [2.24, 2.45) is 5.73 Å². The van der Waals surface area contributed by atoms with Gasteiger partial charge in [0, 0.05) is 36.4 Å². The Morgan fingerprint density at radius 3 is 2.47 bits per heavy atom. The molecule has 30 heavy (non-hydrogen) atoms. The summed E-state index contributed by atoms with van der Waals surface area (Å²) in [5, 5.41) is 0. The maximum atomic E-state index is 15.0. The first-order valence-electron chi connectivity index (χ1n) is 9.90. The number of hydrogen-bond acceptors (Lipinski definition) is 4. The van der Waals surface area contributed by atoms with Gasteiger partial charge in [0.25, 0.3) is 0 Å². The third-order valence-corrected chi connectivity index (χ3v) is 5.21. The van der Waals surface area contributed by atoms with Crippen LogP contribution in [0.15, 0.2) is 66.7 Å². The highest BCUT2D eigenvalue weighted by atomic mass is 19.1. The lowest BCUT2D eigenvalue weighted by Crippen LogP contribution is -2.18. The van der Waals surface area contributed by atoms with Crippen molar-refractivity contribution in [3.63, 3.8) is 0 Å². The average Bonchev–Trinajstić information content (AvgIpc) is 2.75. The van der Waals surface area contributed by atoms with Crippen molar-refractivity contribution < 1.29 is 13.9 Å². The van der Waals surface area contributed by atoms with Crippen LogP contribution in [0.3, 0.4) is 0 Å². The quantitative estimate of drug-likeness (QED) is 0.569. The van der Waals surface area contributed by atoms with Crippen LogP contribution in [0.1, 0.15) is 29.7 Å². The molecule has 3 aromatic rings. The van der Waals surface area contributed by atoms with E-state index in [1.54, 1.807) is 19.1 Å². The molecule has 156 valence electrons. The lowest BCUT2D eigenvalue weighted by Gasteiger charge is -2.22. The summed E-state index contributed by atoms with van der Waals surface area (Å²) in [5.41, 5.74) is 10.7. The molecule has 0 heterocycles. The Hall–Kier alpha value is -3.18. The summed E-state index contributed by atoms with van der Waals surface area (Å²) in [6, 6.07) is 20.5. The Kier molecular flexibility index (Phi) is 6.85. The van der Waals surface area contributed by atoms with Crippen LogP contribution in [0.2, 0.25) is 0 Å². The minimum atomic E-state index is -0.373. The lowest BCUT2D eigenvalue weighted by molar-refractivity contribution is -0.139. The van der Waals surface area contributed by atoms with E-state index in [0.717, 1.165) is 22.4 Å². The fraction of sp³-hybridized carbons (Fsp3) is 0.240. The number of halogens is 1. The molecular formula is C25H27FN2O2. The zero-order chi connectivity index (χ0) is 21.7. The first-order chi connectivity index (χ1) is 14.4. The van der Waals surface area contributed by atoms with Crippen molar-refractivity contribution in [2.45, 2.75) is 25.9 Å². The molecule has 0 amide bonds. The molecular weight excluding hydrogens is 379 g/mol. The molecule has 0 aliphatic heterocycles. The van der Waals surface area contributed by atoms with E-state index in [9.17, 15) is 9.18 Å². The highest BCUT2D eigenvalue weighted by Crippen LogP contribution is 2.30.